The molecule has 0 bridgehead atoms. The summed E-state index contributed by atoms with van der Waals surface area (Å²) in [6.45, 7) is 7.87. The van der Waals surface area contributed by atoms with Crippen LogP contribution in [0, 0.1) is 5.92 Å². The quantitative estimate of drug-likeness (QED) is 0.612. The molecule has 2 N–H and O–H groups in total. The van der Waals surface area contributed by atoms with E-state index in [4.69, 9.17) is 5.11 Å². The second-order valence-corrected chi connectivity index (χ2v) is 4.60. The minimum Gasteiger partial charge on any atom is -0.481 e. The number of carboxylic acids is 1. The van der Waals surface area contributed by atoms with Gasteiger partial charge < -0.3 is 15.3 Å². The minimum absolute atomic E-state index is 0.300. The molecule has 0 aliphatic carbocycles. The summed E-state index contributed by atoms with van der Waals surface area (Å²) in [6, 6.07) is 0. The Labute approximate surface area is 98.0 Å². The number of aliphatic carboxylic acids is 1. The molecule has 1 rings (SSSR count). The average molecular weight is 228 g/mol. The van der Waals surface area contributed by atoms with Crippen LogP contribution in [-0.4, -0.2) is 48.7 Å². The first-order chi connectivity index (χ1) is 7.72. The van der Waals surface area contributed by atoms with Gasteiger partial charge >= 0.3 is 5.97 Å². The van der Waals surface area contributed by atoms with E-state index >= 15 is 0 Å². The molecule has 0 aromatic heterocycles. The normalized spacial score (nSPS) is 21.4. The third kappa shape index (κ3) is 5.47. The summed E-state index contributed by atoms with van der Waals surface area (Å²) in [6.07, 6.45) is 3.36. The van der Waals surface area contributed by atoms with Crippen molar-refractivity contribution < 1.29 is 9.90 Å². The van der Waals surface area contributed by atoms with E-state index in [1.807, 2.05) is 0 Å². The van der Waals surface area contributed by atoms with Crippen molar-refractivity contribution in [2.45, 2.75) is 32.6 Å². The Hall–Kier alpha value is -0.610. The molecule has 1 heterocycles. The second-order valence-electron chi connectivity index (χ2n) is 4.60. The number of hydrogen-bond acceptors (Lipinski definition) is 3. The Morgan fingerprint density at radius 1 is 1.50 bits per heavy atom. The second kappa shape index (κ2) is 7.63. The lowest BCUT2D eigenvalue weighted by Crippen LogP contribution is -2.27. The van der Waals surface area contributed by atoms with Gasteiger partial charge in [0.05, 0.1) is 0 Å². The van der Waals surface area contributed by atoms with Gasteiger partial charge in [0, 0.05) is 13.0 Å². The van der Waals surface area contributed by atoms with Crippen LogP contribution in [0.2, 0.25) is 0 Å². The maximum atomic E-state index is 10.3. The van der Waals surface area contributed by atoms with Crippen molar-refractivity contribution in [3.8, 4) is 0 Å². The van der Waals surface area contributed by atoms with Gasteiger partial charge in [0.25, 0.3) is 0 Å². The molecular formula is C12H24N2O2. The summed E-state index contributed by atoms with van der Waals surface area (Å²) in [5, 5.41) is 11.9. The molecule has 0 aromatic rings. The number of rotatable bonds is 8. The summed E-state index contributed by atoms with van der Waals surface area (Å²) in [4.78, 5) is 12.8. The van der Waals surface area contributed by atoms with Crippen molar-refractivity contribution in [2.75, 3.05) is 32.7 Å². The zero-order chi connectivity index (χ0) is 11.8. The summed E-state index contributed by atoms with van der Waals surface area (Å²) >= 11 is 0. The van der Waals surface area contributed by atoms with Crippen molar-refractivity contribution in [1.29, 1.82) is 0 Å². The van der Waals surface area contributed by atoms with Crippen molar-refractivity contribution in [3.63, 3.8) is 0 Å². The van der Waals surface area contributed by atoms with Crippen LogP contribution in [-0.2, 0) is 4.79 Å². The van der Waals surface area contributed by atoms with Crippen LogP contribution in [0.1, 0.15) is 32.6 Å². The van der Waals surface area contributed by atoms with Gasteiger partial charge in [0.2, 0.25) is 0 Å². The molecule has 0 spiro atoms. The van der Waals surface area contributed by atoms with Gasteiger partial charge in [-0.25, -0.2) is 0 Å². The van der Waals surface area contributed by atoms with Gasteiger partial charge in [0.15, 0.2) is 0 Å². The first-order valence-corrected chi connectivity index (χ1v) is 6.37. The largest absolute Gasteiger partial charge is 0.481 e. The van der Waals surface area contributed by atoms with Gasteiger partial charge in [0.1, 0.15) is 0 Å². The van der Waals surface area contributed by atoms with E-state index in [2.05, 4.69) is 17.1 Å². The van der Waals surface area contributed by atoms with Gasteiger partial charge in [-0.3, -0.25) is 4.79 Å². The van der Waals surface area contributed by atoms with E-state index in [0.717, 1.165) is 38.4 Å². The zero-order valence-corrected chi connectivity index (χ0v) is 10.2. The number of unbranched alkanes of at least 4 members (excludes halogenated alkanes) is 1. The third-order valence-corrected chi connectivity index (χ3v) is 3.24. The Morgan fingerprint density at radius 2 is 2.31 bits per heavy atom. The standard InChI is InChI=1S/C12H24N2O2/c1-2-14-8-6-11(10-14)9-13-7-4-3-5-12(15)16/h11,13H,2-10H2,1H3,(H,15,16). The molecule has 0 radical (unpaired) electrons. The zero-order valence-electron chi connectivity index (χ0n) is 10.2. The number of carboxylic acid groups (broad SMARTS) is 1. The molecule has 1 fully saturated rings. The van der Waals surface area contributed by atoms with Crippen LogP contribution in [0.4, 0.5) is 0 Å². The Morgan fingerprint density at radius 3 is 2.94 bits per heavy atom. The smallest absolute Gasteiger partial charge is 0.303 e. The summed E-state index contributed by atoms with van der Waals surface area (Å²) in [5.74, 6) is 0.105. The lowest BCUT2D eigenvalue weighted by Gasteiger charge is -2.13. The van der Waals surface area contributed by atoms with E-state index in [0.29, 0.717) is 6.42 Å². The molecule has 0 amide bonds. The lowest BCUT2D eigenvalue weighted by atomic mass is 10.1. The van der Waals surface area contributed by atoms with Crippen LogP contribution in [0.3, 0.4) is 0 Å². The van der Waals surface area contributed by atoms with Crippen LogP contribution in [0.5, 0.6) is 0 Å². The fourth-order valence-electron chi connectivity index (χ4n) is 2.20. The maximum absolute atomic E-state index is 10.3. The first-order valence-electron chi connectivity index (χ1n) is 6.37. The molecule has 1 atom stereocenters. The third-order valence-electron chi connectivity index (χ3n) is 3.24. The van der Waals surface area contributed by atoms with Gasteiger partial charge in [-0.15, -0.1) is 0 Å². The summed E-state index contributed by atoms with van der Waals surface area (Å²) < 4.78 is 0. The first kappa shape index (κ1) is 13.5. The van der Waals surface area contributed by atoms with E-state index in [9.17, 15) is 4.79 Å². The topological polar surface area (TPSA) is 52.6 Å². The number of nitrogens with one attached hydrogen (secondary N) is 1. The van der Waals surface area contributed by atoms with Gasteiger partial charge in [-0.05, 0) is 51.4 Å². The SMILES string of the molecule is CCN1CCC(CNCCCCC(=O)O)C1. The highest BCUT2D eigenvalue weighted by atomic mass is 16.4. The fraction of sp³-hybridized carbons (Fsp3) is 0.917. The molecular weight excluding hydrogens is 204 g/mol. The molecule has 1 aliphatic rings. The highest BCUT2D eigenvalue weighted by Crippen LogP contribution is 2.14. The van der Waals surface area contributed by atoms with Crippen molar-refractivity contribution in [3.05, 3.63) is 0 Å². The molecule has 4 heteroatoms. The fourth-order valence-corrected chi connectivity index (χ4v) is 2.20. The summed E-state index contributed by atoms with van der Waals surface area (Å²) in [5.41, 5.74) is 0. The molecule has 0 aromatic carbocycles. The predicted molar refractivity (Wildman–Crippen MR) is 64.6 cm³/mol. The number of nitrogens with zero attached hydrogens (tertiary/aromatic N) is 1. The number of carbonyl (C=O) groups is 1. The Balaban J connectivity index is 1.90. The highest BCUT2D eigenvalue weighted by Gasteiger charge is 2.20. The van der Waals surface area contributed by atoms with Crippen molar-refractivity contribution in [2.24, 2.45) is 5.92 Å². The van der Waals surface area contributed by atoms with Crippen LogP contribution in [0.15, 0.2) is 0 Å². The van der Waals surface area contributed by atoms with Crippen molar-refractivity contribution >= 4 is 5.97 Å². The van der Waals surface area contributed by atoms with Crippen molar-refractivity contribution in [1.82, 2.24) is 10.2 Å². The molecule has 1 saturated heterocycles. The minimum atomic E-state index is -0.686. The number of hydrogen-bond donors (Lipinski definition) is 2. The monoisotopic (exact) mass is 228 g/mol. The lowest BCUT2D eigenvalue weighted by molar-refractivity contribution is -0.137. The molecule has 0 saturated carbocycles. The molecule has 94 valence electrons. The maximum Gasteiger partial charge on any atom is 0.303 e. The highest BCUT2D eigenvalue weighted by molar-refractivity contribution is 5.66. The Bertz CT molecular complexity index is 209. The Kier molecular flexibility index (Phi) is 6.42. The van der Waals surface area contributed by atoms with Crippen LogP contribution >= 0.6 is 0 Å². The van der Waals surface area contributed by atoms with E-state index in [1.54, 1.807) is 0 Å². The number of likely N-dealkylation sites (tertiary alicyclic amines) is 1. The molecule has 1 aliphatic heterocycles. The molecule has 4 nitrogen and oxygen atoms in total. The van der Waals surface area contributed by atoms with E-state index in [1.165, 1.54) is 19.5 Å². The van der Waals surface area contributed by atoms with Gasteiger partial charge in [-0.1, -0.05) is 6.92 Å². The van der Waals surface area contributed by atoms with E-state index in [-0.39, 0.29) is 0 Å². The average Bonchev–Trinajstić information content (AvgIpc) is 2.70. The van der Waals surface area contributed by atoms with Gasteiger partial charge in [-0.2, -0.15) is 0 Å². The summed E-state index contributed by atoms with van der Waals surface area (Å²) in [7, 11) is 0. The predicted octanol–water partition coefficient (Wildman–Crippen LogP) is 1.17. The van der Waals surface area contributed by atoms with E-state index < -0.39 is 5.97 Å². The van der Waals surface area contributed by atoms with Crippen LogP contribution < -0.4 is 5.32 Å². The van der Waals surface area contributed by atoms with Crippen LogP contribution in [0.25, 0.3) is 0 Å². The molecule has 1 unspecified atom stereocenters. The molecule has 16 heavy (non-hydrogen) atoms.